The highest BCUT2D eigenvalue weighted by Crippen LogP contribution is 2.32. The molecule has 0 spiro atoms. The number of carboxylic acid groups (broad SMARTS) is 1. The number of amides is 1. The lowest BCUT2D eigenvalue weighted by molar-refractivity contribution is -0.0177. The molecule has 3 rings (SSSR count). The molecule has 1 heterocycles. The topological polar surface area (TPSA) is 43.8 Å². The number of rotatable bonds is 2. The average Bonchev–Trinajstić information content (AvgIpc) is 2.48. The molecule has 1 amide bonds. The van der Waals surface area contributed by atoms with E-state index in [2.05, 4.69) is 24.1 Å². The monoisotopic (exact) mass is 288 g/mol. The zero-order chi connectivity index (χ0) is 14.8. The first-order valence-corrected chi connectivity index (χ1v) is 7.92. The van der Waals surface area contributed by atoms with Crippen molar-refractivity contribution in [1.29, 1.82) is 0 Å². The fourth-order valence-corrected chi connectivity index (χ4v) is 4.10. The molecule has 4 nitrogen and oxygen atoms in total. The molecule has 0 aromatic heterocycles. The van der Waals surface area contributed by atoms with E-state index in [4.69, 9.17) is 0 Å². The Labute approximate surface area is 126 Å². The van der Waals surface area contributed by atoms with Crippen molar-refractivity contribution in [3.8, 4) is 0 Å². The van der Waals surface area contributed by atoms with Crippen molar-refractivity contribution in [2.24, 2.45) is 0 Å². The maximum atomic E-state index is 11.8. The zero-order valence-corrected chi connectivity index (χ0v) is 12.6. The molecule has 1 saturated carbocycles. The molecule has 2 aliphatic rings. The van der Waals surface area contributed by atoms with Crippen LogP contribution in [0, 0.1) is 0 Å². The Bertz CT molecular complexity index is 491. The lowest BCUT2D eigenvalue weighted by atomic mass is 9.84. The highest BCUT2D eigenvalue weighted by Gasteiger charge is 2.43. The van der Waals surface area contributed by atoms with E-state index in [0.717, 1.165) is 32.2 Å². The van der Waals surface area contributed by atoms with E-state index in [9.17, 15) is 9.90 Å². The molecule has 3 atom stereocenters. The molecule has 4 heteroatoms. The number of benzene rings is 1. The predicted octanol–water partition coefficient (Wildman–Crippen LogP) is 2.83. The van der Waals surface area contributed by atoms with Crippen LogP contribution in [0.2, 0.25) is 0 Å². The molecule has 2 fully saturated rings. The number of likely N-dealkylation sites (N-methyl/N-ethyl adjacent to an activating group) is 1. The van der Waals surface area contributed by atoms with Gasteiger partial charge in [0.2, 0.25) is 0 Å². The molecule has 0 bridgehead atoms. The molecule has 0 radical (unpaired) electrons. The van der Waals surface area contributed by atoms with E-state index in [0.29, 0.717) is 6.04 Å². The van der Waals surface area contributed by atoms with E-state index in [1.54, 1.807) is 4.90 Å². The summed E-state index contributed by atoms with van der Waals surface area (Å²) in [5.41, 5.74) is 1.22. The van der Waals surface area contributed by atoms with Crippen molar-refractivity contribution in [1.82, 2.24) is 9.80 Å². The van der Waals surface area contributed by atoms with Gasteiger partial charge in [-0.05, 0) is 31.9 Å². The summed E-state index contributed by atoms with van der Waals surface area (Å²) < 4.78 is 0. The predicted molar refractivity (Wildman–Crippen MR) is 82.5 cm³/mol. The maximum absolute atomic E-state index is 11.8. The Morgan fingerprint density at radius 3 is 2.52 bits per heavy atom. The summed E-state index contributed by atoms with van der Waals surface area (Å²) >= 11 is 0. The van der Waals surface area contributed by atoms with Gasteiger partial charge in [-0.3, -0.25) is 9.80 Å². The molecule has 1 N–H and O–H groups in total. The molecular formula is C17H24N2O2. The summed E-state index contributed by atoms with van der Waals surface area (Å²) in [6.45, 7) is 0.836. The first kappa shape index (κ1) is 14.4. The molecule has 21 heavy (non-hydrogen) atoms. The molecule has 114 valence electrons. The lowest BCUT2D eigenvalue weighted by Crippen LogP contribution is -2.65. The van der Waals surface area contributed by atoms with Crippen LogP contribution in [0.15, 0.2) is 30.3 Å². The van der Waals surface area contributed by atoms with Crippen molar-refractivity contribution >= 4 is 6.09 Å². The number of hydrogen-bond donors (Lipinski definition) is 1. The van der Waals surface area contributed by atoms with Crippen molar-refractivity contribution in [3.63, 3.8) is 0 Å². The number of fused-ring (bicyclic) bond motifs is 1. The second kappa shape index (κ2) is 6.06. The Kier molecular flexibility index (Phi) is 4.15. The number of carbonyl (C=O) groups is 1. The molecule has 1 aromatic rings. The molecular weight excluding hydrogens is 264 g/mol. The summed E-state index contributed by atoms with van der Waals surface area (Å²) in [6.07, 6.45) is 4.57. The lowest BCUT2D eigenvalue weighted by Gasteiger charge is -2.51. The van der Waals surface area contributed by atoms with Gasteiger partial charge in [0.1, 0.15) is 0 Å². The third-order valence-corrected chi connectivity index (χ3v) is 5.04. The van der Waals surface area contributed by atoms with Crippen LogP contribution < -0.4 is 0 Å². The van der Waals surface area contributed by atoms with Gasteiger partial charge >= 0.3 is 6.09 Å². The normalized spacial score (nSPS) is 30.0. The Morgan fingerprint density at radius 2 is 1.86 bits per heavy atom. The fourth-order valence-electron chi connectivity index (χ4n) is 4.10. The zero-order valence-electron chi connectivity index (χ0n) is 12.6. The maximum Gasteiger partial charge on any atom is 0.407 e. The van der Waals surface area contributed by atoms with Gasteiger partial charge in [-0.2, -0.15) is 0 Å². The van der Waals surface area contributed by atoms with Crippen LogP contribution in [0.1, 0.15) is 31.2 Å². The highest BCUT2D eigenvalue weighted by atomic mass is 16.4. The van der Waals surface area contributed by atoms with Gasteiger partial charge in [0.25, 0.3) is 0 Å². The molecule has 1 aliphatic carbocycles. The highest BCUT2D eigenvalue weighted by molar-refractivity contribution is 5.66. The molecule has 1 saturated heterocycles. The van der Waals surface area contributed by atoms with Crippen molar-refractivity contribution < 1.29 is 9.90 Å². The molecule has 1 unspecified atom stereocenters. The third-order valence-electron chi connectivity index (χ3n) is 5.04. The summed E-state index contributed by atoms with van der Waals surface area (Å²) in [7, 11) is 2.15. The smallest absolute Gasteiger partial charge is 0.407 e. The van der Waals surface area contributed by atoms with Gasteiger partial charge < -0.3 is 5.11 Å². The molecule has 1 aromatic carbocycles. The van der Waals surface area contributed by atoms with E-state index in [1.165, 1.54) is 12.0 Å². The molecule has 1 aliphatic heterocycles. The van der Waals surface area contributed by atoms with Crippen LogP contribution >= 0.6 is 0 Å². The largest absolute Gasteiger partial charge is 0.465 e. The summed E-state index contributed by atoms with van der Waals surface area (Å²) in [5.74, 6) is 0. The van der Waals surface area contributed by atoms with Crippen molar-refractivity contribution in [2.45, 2.75) is 50.2 Å². The summed E-state index contributed by atoms with van der Waals surface area (Å²) in [5, 5.41) is 9.72. The van der Waals surface area contributed by atoms with Gasteiger partial charge in [-0.25, -0.2) is 4.79 Å². The summed E-state index contributed by atoms with van der Waals surface area (Å²) in [6, 6.07) is 10.9. The van der Waals surface area contributed by atoms with E-state index < -0.39 is 6.09 Å². The Hall–Kier alpha value is -1.55. The first-order valence-electron chi connectivity index (χ1n) is 7.92. The van der Waals surface area contributed by atoms with Gasteiger partial charge in [0.15, 0.2) is 0 Å². The van der Waals surface area contributed by atoms with Gasteiger partial charge in [0.05, 0.1) is 12.1 Å². The quantitative estimate of drug-likeness (QED) is 0.910. The number of hydrogen-bond acceptors (Lipinski definition) is 2. The van der Waals surface area contributed by atoms with Crippen molar-refractivity contribution in [3.05, 3.63) is 35.9 Å². The van der Waals surface area contributed by atoms with Crippen LogP contribution in [0.3, 0.4) is 0 Å². The van der Waals surface area contributed by atoms with E-state index in [-0.39, 0.29) is 12.1 Å². The van der Waals surface area contributed by atoms with Gasteiger partial charge in [0, 0.05) is 12.6 Å². The minimum Gasteiger partial charge on any atom is -0.465 e. The summed E-state index contributed by atoms with van der Waals surface area (Å²) in [4.78, 5) is 16.0. The van der Waals surface area contributed by atoms with E-state index in [1.807, 2.05) is 18.2 Å². The van der Waals surface area contributed by atoms with Crippen LogP contribution in [-0.4, -0.2) is 52.7 Å². The Morgan fingerprint density at radius 1 is 1.19 bits per heavy atom. The fraction of sp³-hybridized carbons (Fsp3) is 0.588. The first-order chi connectivity index (χ1) is 10.2. The van der Waals surface area contributed by atoms with E-state index >= 15 is 0 Å². The standard InChI is InChI=1S/C17H24N2O2/c1-18-12-14(11-13-7-3-2-4-8-13)19(17(20)21)16-10-6-5-9-15(16)18/h2-4,7-8,14-16H,5-6,9-12H2,1H3,(H,20,21)/t14?,15-,16+/m0/s1. The SMILES string of the molecule is CN1CC(Cc2ccccc2)N(C(=O)O)[C@@H]2CCCC[C@@H]21. The minimum absolute atomic E-state index is 0.0641. The van der Waals surface area contributed by atoms with Crippen LogP contribution in [0.25, 0.3) is 0 Å². The third kappa shape index (κ3) is 2.91. The van der Waals surface area contributed by atoms with Gasteiger partial charge in [-0.15, -0.1) is 0 Å². The average molecular weight is 288 g/mol. The van der Waals surface area contributed by atoms with Crippen LogP contribution in [-0.2, 0) is 6.42 Å². The Balaban J connectivity index is 1.82. The second-order valence-electron chi connectivity index (χ2n) is 6.39. The van der Waals surface area contributed by atoms with Crippen LogP contribution in [0.5, 0.6) is 0 Å². The second-order valence-corrected chi connectivity index (χ2v) is 6.39. The van der Waals surface area contributed by atoms with Crippen molar-refractivity contribution in [2.75, 3.05) is 13.6 Å². The minimum atomic E-state index is -0.749. The van der Waals surface area contributed by atoms with Gasteiger partial charge in [-0.1, -0.05) is 43.2 Å². The van der Waals surface area contributed by atoms with Crippen LogP contribution in [0.4, 0.5) is 4.79 Å². The number of nitrogens with zero attached hydrogens (tertiary/aromatic N) is 2. The number of piperazine rings is 1.